The lowest BCUT2D eigenvalue weighted by Crippen LogP contribution is -2.32. The van der Waals surface area contributed by atoms with E-state index in [0.717, 1.165) is 43.2 Å². The fraction of sp³-hybridized carbons (Fsp3) is 0.452. The Morgan fingerprint density at radius 2 is 1.90 bits per heavy atom. The van der Waals surface area contributed by atoms with Crippen molar-refractivity contribution in [2.24, 2.45) is 0 Å². The van der Waals surface area contributed by atoms with E-state index in [-0.39, 0.29) is 12.1 Å². The maximum absolute atomic E-state index is 13.8. The Bertz CT molecular complexity index is 1400. The average molecular weight is 597 g/mol. The maximum atomic E-state index is 13.8. The molecule has 0 radical (unpaired) electrons. The first-order chi connectivity index (χ1) is 20.0. The number of allylic oxidation sites excluding steroid dienone is 1. The van der Waals surface area contributed by atoms with Crippen LogP contribution in [0.25, 0.3) is 0 Å². The van der Waals surface area contributed by atoms with Crippen LogP contribution < -0.4 is 14.8 Å². The standard InChI is InChI=1S/C31H37ClN4O4S/c1-4-17-39-25-16-15-21(18-26(25)38-5-2)28-27(29(37)40-23-12-7-6-8-13-23)20(3)33-30-34-31(35-36(28)30)41-19-22-11-9-10-14-24(22)32/h9-11,14-16,18,23,28H,4-8,12-13,17,19H2,1-3H3,(H,33,34,35). The highest BCUT2D eigenvalue weighted by atomic mass is 35.5. The SMILES string of the molecule is CCCOc1ccc(C2C(C(=O)OC3CCCCC3)=C(C)Nc3nc(SCc4ccccc4Cl)nn32)cc1OCC. The Hall–Kier alpha value is -3.17. The van der Waals surface area contributed by atoms with Crippen LogP contribution in [0.2, 0.25) is 5.02 Å². The first-order valence-corrected chi connectivity index (χ1v) is 15.8. The van der Waals surface area contributed by atoms with Gasteiger partial charge >= 0.3 is 5.97 Å². The molecule has 41 heavy (non-hydrogen) atoms. The number of hydrogen-bond donors (Lipinski definition) is 1. The maximum Gasteiger partial charge on any atom is 0.338 e. The number of ether oxygens (including phenoxy) is 3. The van der Waals surface area contributed by atoms with Gasteiger partial charge in [0.1, 0.15) is 12.1 Å². The fourth-order valence-corrected chi connectivity index (χ4v) is 6.33. The van der Waals surface area contributed by atoms with Gasteiger partial charge in [-0.1, -0.05) is 61.0 Å². The number of anilines is 1. The van der Waals surface area contributed by atoms with Crippen molar-refractivity contribution in [2.75, 3.05) is 18.5 Å². The van der Waals surface area contributed by atoms with Crippen LogP contribution in [0.5, 0.6) is 11.5 Å². The minimum absolute atomic E-state index is 0.0695. The van der Waals surface area contributed by atoms with Gasteiger partial charge in [0.05, 0.1) is 18.8 Å². The van der Waals surface area contributed by atoms with E-state index >= 15 is 0 Å². The summed E-state index contributed by atoms with van der Waals surface area (Å²) < 4.78 is 19.8. The molecular weight excluding hydrogens is 560 g/mol. The van der Waals surface area contributed by atoms with Crippen LogP contribution >= 0.6 is 23.4 Å². The Balaban J connectivity index is 1.51. The van der Waals surface area contributed by atoms with Crippen LogP contribution in [-0.4, -0.2) is 40.1 Å². The predicted octanol–water partition coefficient (Wildman–Crippen LogP) is 7.58. The molecule has 1 atom stereocenters. The number of rotatable bonds is 11. The number of carbonyl (C=O) groups is 1. The predicted molar refractivity (Wildman–Crippen MR) is 162 cm³/mol. The number of hydrogen-bond acceptors (Lipinski definition) is 8. The summed E-state index contributed by atoms with van der Waals surface area (Å²) in [7, 11) is 0. The van der Waals surface area contributed by atoms with Crippen molar-refractivity contribution in [3.63, 3.8) is 0 Å². The molecule has 1 aliphatic carbocycles. The highest BCUT2D eigenvalue weighted by molar-refractivity contribution is 7.98. The normalized spacial score (nSPS) is 17.1. The number of nitrogens with zero attached hydrogens (tertiary/aromatic N) is 3. The summed E-state index contributed by atoms with van der Waals surface area (Å²) in [5, 5.41) is 9.46. The number of esters is 1. The molecule has 2 aromatic carbocycles. The Morgan fingerprint density at radius 3 is 2.66 bits per heavy atom. The van der Waals surface area contributed by atoms with E-state index in [1.54, 1.807) is 4.68 Å². The Morgan fingerprint density at radius 1 is 1.10 bits per heavy atom. The number of carbonyl (C=O) groups excluding carboxylic acids is 1. The minimum Gasteiger partial charge on any atom is -0.490 e. The van der Waals surface area contributed by atoms with E-state index in [9.17, 15) is 4.79 Å². The summed E-state index contributed by atoms with van der Waals surface area (Å²) >= 11 is 7.87. The lowest BCUT2D eigenvalue weighted by Gasteiger charge is -2.30. The molecule has 1 fully saturated rings. The molecule has 3 aromatic rings. The lowest BCUT2D eigenvalue weighted by atomic mass is 9.94. The van der Waals surface area contributed by atoms with Crippen LogP contribution in [0.1, 0.15) is 76.5 Å². The summed E-state index contributed by atoms with van der Waals surface area (Å²) in [6, 6.07) is 13.0. The molecule has 0 saturated heterocycles. The highest BCUT2D eigenvalue weighted by Gasteiger charge is 2.37. The molecule has 10 heteroatoms. The first kappa shape index (κ1) is 29.3. The molecule has 1 aliphatic heterocycles. The topological polar surface area (TPSA) is 87.5 Å². The lowest BCUT2D eigenvalue weighted by molar-refractivity contribution is -0.146. The third-order valence-electron chi connectivity index (χ3n) is 7.24. The Labute approximate surface area is 250 Å². The van der Waals surface area contributed by atoms with Crippen LogP contribution in [0.15, 0.2) is 58.9 Å². The van der Waals surface area contributed by atoms with Gasteiger partial charge in [-0.3, -0.25) is 0 Å². The van der Waals surface area contributed by atoms with Crippen molar-refractivity contribution in [1.82, 2.24) is 14.8 Å². The fourth-order valence-electron chi connectivity index (χ4n) is 5.21. The zero-order chi connectivity index (χ0) is 28.8. The van der Waals surface area contributed by atoms with Gasteiger partial charge in [0.15, 0.2) is 11.5 Å². The molecule has 2 aliphatic rings. The average Bonchev–Trinajstić information content (AvgIpc) is 3.38. The van der Waals surface area contributed by atoms with Crippen molar-refractivity contribution in [3.05, 3.63) is 69.9 Å². The molecule has 1 saturated carbocycles. The zero-order valence-electron chi connectivity index (χ0n) is 23.8. The molecule has 0 bridgehead atoms. The number of thioether (sulfide) groups is 1. The van der Waals surface area contributed by atoms with Gasteiger partial charge < -0.3 is 19.5 Å². The van der Waals surface area contributed by atoms with Crippen molar-refractivity contribution < 1.29 is 19.0 Å². The van der Waals surface area contributed by atoms with Crippen molar-refractivity contribution in [3.8, 4) is 11.5 Å². The minimum atomic E-state index is -0.552. The largest absolute Gasteiger partial charge is 0.490 e. The monoisotopic (exact) mass is 596 g/mol. The summed E-state index contributed by atoms with van der Waals surface area (Å²) in [6.07, 6.45) is 5.94. The summed E-state index contributed by atoms with van der Waals surface area (Å²) in [5.74, 6) is 2.16. The van der Waals surface area contributed by atoms with Gasteiger partial charge in [-0.2, -0.15) is 4.98 Å². The van der Waals surface area contributed by atoms with Crippen molar-refractivity contribution in [1.29, 1.82) is 0 Å². The molecule has 0 amide bonds. The van der Waals surface area contributed by atoms with E-state index in [1.165, 1.54) is 18.2 Å². The van der Waals surface area contributed by atoms with Crippen molar-refractivity contribution >= 4 is 35.3 Å². The highest BCUT2D eigenvalue weighted by Crippen LogP contribution is 2.41. The molecule has 218 valence electrons. The Kier molecular flexibility index (Phi) is 9.77. The van der Waals surface area contributed by atoms with Gasteiger partial charge in [0.25, 0.3) is 0 Å². The van der Waals surface area contributed by atoms with Gasteiger partial charge in [0.2, 0.25) is 11.1 Å². The smallest absolute Gasteiger partial charge is 0.338 e. The second-order valence-electron chi connectivity index (χ2n) is 10.3. The number of benzene rings is 2. The van der Waals surface area contributed by atoms with Crippen LogP contribution in [0, 0.1) is 0 Å². The van der Waals surface area contributed by atoms with Gasteiger partial charge in [-0.05, 0) is 75.3 Å². The third-order valence-corrected chi connectivity index (χ3v) is 8.49. The van der Waals surface area contributed by atoms with Gasteiger partial charge in [-0.25, -0.2) is 9.48 Å². The van der Waals surface area contributed by atoms with E-state index < -0.39 is 6.04 Å². The van der Waals surface area contributed by atoms with E-state index in [1.807, 2.05) is 56.3 Å². The number of fused-ring (bicyclic) bond motifs is 1. The number of nitrogens with one attached hydrogen (secondary N) is 1. The van der Waals surface area contributed by atoms with Crippen LogP contribution in [0.4, 0.5) is 5.95 Å². The number of aromatic nitrogens is 3. The first-order valence-electron chi connectivity index (χ1n) is 14.4. The van der Waals surface area contributed by atoms with Crippen molar-refractivity contribution in [2.45, 2.75) is 82.4 Å². The molecule has 1 unspecified atom stereocenters. The molecule has 5 rings (SSSR count). The quantitative estimate of drug-likeness (QED) is 0.179. The molecule has 8 nitrogen and oxygen atoms in total. The molecule has 1 aromatic heterocycles. The van der Waals surface area contributed by atoms with Crippen LogP contribution in [0.3, 0.4) is 0 Å². The zero-order valence-corrected chi connectivity index (χ0v) is 25.4. The third kappa shape index (κ3) is 6.84. The second kappa shape index (κ2) is 13.7. The summed E-state index contributed by atoms with van der Waals surface area (Å²) in [6.45, 7) is 6.97. The second-order valence-corrected chi connectivity index (χ2v) is 11.6. The molecule has 1 N–H and O–H groups in total. The number of halogens is 1. The van der Waals surface area contributed by atoms with E-state index in [4.69, 9.17) is 35.9 Å². The molecule has 2 heterocycles. The van der Waals surface area contributed by atoms with Crippen LogP contribution in [-0.2, 0) is 15.3 Å². The van der Waals surface area contributed by atoms with E-state index in [0.29, 0.717) is 57.9 Å². The van der Waals surface area contributed by atoms with E-state index in [2.05, 4.69) is 12.2 Å². The molecule has 0 spiro atoms. The summed E-state index contributed by atoms with van der Waals surface area (Å²) in [5.41, 5.74) is 3.05. The molecular formula is C31H37ClN4O4S. The van der Waals surface area contributed by atoms with Gasteiger partial charge in [-0.15, -0.1) is 5.10 Å². The summed E-state index contributed by atoms with van der Waals surface area (Å²) in [4.78, 5) is 18.6. The van der Waals surface area contributed by atoms with Gasteiger partial charge in [0, 0.05) is 16.5 Å².